The van der Waals surface area contributed by atoms with Crippen molar-refractivity contribution in [1.82, 2.24) is 15.0 Å². The summed E-state index contributed by atoms with van der Waals surface area (Å²) in [5, 5.41) is 42.8. The van der Waals surface area contributed by atoms with Crippen LogP contribution in [0.25, 0.3) is 0 Å². The van der Waals surface area contributed by atoms with Gasteiger partial charge in [-0.15, -0.1) is 4.33 Å². The molecule has 0 fully saturated rings. The van der Waals surface area contributed by atoms with E-state index in [1.165, 1.54) is 6.07 Å². The minimum absolute atomic E-state index is 0.0596. The van der Waals surface area contributed by atoms with Crippen molar-refractivity contribution in [1.29, 1.82) is 0 Å². The maximum atomic E-state index is 14.2. The number of aromatic nitrogens is 3. The molecule has 0 aliphatic carbocycles. The first kappa shape index (κ1) is 28.3. The molecule has 0 spiro atoms. The van der Waals surface area contributed by atoms with Gasteiger partial charge in [0.15, 0.2) is 0 Å². The second-order valence-corrected chi connectivity index (χ2v) is 8.83. The third-order valence-electron chi connectivity index (χ3n) is 5.05. The Kier molecular flexibility index (Phi) is 8.82. The lowest BCUT2D eigenvalue weighted by Crippen LogP contribution is -2.04. The zero-order valence-electron chi connectivity index (χ0n) is 20.0. The van der Waals surface area contributed by atoms with Crippen LogP contribution < -0.4 is 16.0 Å². The lowest BCUT2D eigenvalue weighted by atomic mass is 10.2. The molecule has 0 bridgehead atoms. The van der Waals surface area contributed by atoms with Crippen LogP contribution in [-0.2, 0) is 9.37 Å². The number of rotatable bonds is 11. The minimum Gasteiger partial charge on any atom is -0.350 e. The fourth-order valence-electron chi connectivity index (χ4n) is 3.36. The lowest BCUT2D eigenvalue weighted by molar-refractivity contribution is -0.432. The molecule has 15 nitrogen and oxygen atoms in total. The molecule has 1 aromatic heterocycles. The van der Waals surface area contributed by atoms with Crippen LogP contribution in [0.5, 0.6) is 0 Å². The maximum absolute atomic E-state index is 14.2. The fraction of sp³-hybridized carbons (Fsp3) is 0.0455. The molecule has 0 aliphatic rings. The molecule has 0 aliphatic heterocycles. The summed E-state index contributed by atoms with van der Waals surface area (Å²) in [4.78, 5) is 33.5. The van der Waals surface area contributed by atoms with Gasteiger partial charge in [-0.3, -0.25) is 20.2 Å². The molecule has 4 aromatic rings. The summed E-state index contributed by atoms with van der Waals surface area (Å²) in [5.74, 6) is -1.06. The summed E-state index contributed by atoms with van der Waals surface area (Å²) in [6.07, 6.45) is 0. The predicted molar refractivity (Wildman–Crippen MR) is 143 cm³/mol. The summed E-state index contributed by atoms with van der Waals surface area (Å²) in [6.45, 7) is 1.81. The topological polar surface area (TPSA) is 200 Å². The normalized spacial score (nSPS) is 10.7. The van der Waals surface area contributed by atoms with E-state index in [0.29, 0.717) is 34.1 Å². The van der Waals surface area contributed by atoms with E-state index < -0.39 is 27.0 Å². The SMILES string of the molecule is Cc1cc(Nc2nc(Cl)nc(Nc3cccc(Nc4cc(F)c([N+](=O)[O-])cc4[N+](=O)[O-])c3)n2)ccc1SOOO. The Balaban J connectivity index is 1.53. The Bertz CT molecular complexity index is 1600. The number of nitro benzene ring substituents is 2. The van der Waals surface area contributed by atoms with Gasteiger partial charge in [-0.05, 0) is 60.5 Å². The molecule has 0 saturated carbocycles. The third kappa shape index (κ3) is 7.04. The van der Waals surface area contributed by atoms with E-state index in [0.717, 1.165) is 17.6 Å². The number of hydrogen-bond donors (Lipinski definition) is 4. The molecule has 4 rings (SSSR count). The molecular weight excluding hydrogens is 575 g/mol. The van der Waals surface area contributed by atoms with E-state index in [1.54, 1.807) is 36.4 Å². The molecule has 3 aromatic carbocycles. The monoisotopic (exact) mass is 590 g/mol. The average Bonchev–Trinajstić information content (AvgIpc) is 2.88. The average molecular weight is 591 g/mol. The molecule has 0 amide bonds. The molecule has 0 saturated heterocycles. The van der Waals surface area contributed by atoms with Crippen LogP contribution in [0.4, 0.5) is 50.4 Å². The van der Waals surface area contributed by atoms with Gasteiger partial charge in [0.05, 0.1) is 28.0 Å². The quantitative estimate of drug-likeness (QED) is 0.0642. The minimum atomic E-state index is -1.23. The number of benzene rings is 3. The predicted octanol–water partition coefficient (Wildman–Crippen LogP) is 6.45. The van der Waals surface area contributed by atoms with Gasteiger partial charge in [-0.25, -0.2) is 5.26 Å². The molecule has 0 atom stereocenters. The highest BCUT2D eigenvalue weighted by Gasteiger charge is 2.25. The van der Waals surface area contributed by atoms with E-state index in [9.17, 15) is 24.6 Å². The van der Waals surface area contributed by atoms with Crippen LogP contribution in [0.1, 0.15) is 5.56 Å². The summed E-state index contributed by atoms with van der Waals surface area (Å²) >= 11 is 6.89. The highest BCUT2D eigenvalue weighted by molar-refractivity contribution is 7.94. The molecule has 40 heavy (non-hydrogen) atoms. The molecule has 18 heteroatoms. The highest BCUT2D eigenvalue weighted by atomic mass is 35.5. The smallest absolute Gasteiger partial charge is 0.311 e. The van der Waals surface area contributed by atoms with Crippen LogP contribution in [0.2, 0.25) is 5.28 Å². The Morgan fingerprint density at radius 1 is 0.900 bits per heavy atom. The van der Waals surface area contributed by atoms with Crippen LogP contribution in [0.15, 0.2) is 59.5 Å². The Hall–Kier alpha value is -4.68. The zero-order valence-corrected chi connectivity index (χ0v) is 21.6. The van der Waals surface area contributed by atoms with Crippen molar-refractivity contribution < 1.29 is 28.9 Å². The maximum Gasteiger partial charge on any atom is 0.311 e. The number of halogens is 2. The molecule has 0 unspecified atom stereocenters. The first-order chi connectivity index (χ1) is 19.1. The summed E-state index contributed by atoms with van der Waals surface area (Å²) in [6, 6.07) is 12.7. The highest BCUT2D eigenvalue weighted by Crippen LogP contribution is 2.34. The van der Waals surface area contributed by atoms with Crippen LogP contribution in [0.3, 0.4) is 0 Å². The van der Waals surface area contributed by atoms with Crippen LogP contribution >= 0.6 is 23.6 Å². The van der Waals surface area contributed by atoms with Gasteiger partial charge in [0.1, 0.15) is 5.69 Å². The third-order valence-corrected chi connectivity index (χ3v) is 5.99. The van der Waals surface area contributed by atoms with Gasteiger partial charge >= 0.3 is 5.69 Å². The van der Waals surface area contributed by atoms with Gasteiger partial charge in [0, 0.05) is 28.0 Å². The van der Waals surface area contributed by atoms with Crippen molar-refractivity contribution in [3.63, 3.8) is 0 Å². The number of anilines is 6. The van der Waals surface area contributed by atoms with E-state index in [4.69, 9.17) is 16.9 Å². The molecule has 1 heterocycles. The fourth-order valence-corrected chi connectivity index (χ4v) is 3.94. The Morgan fingerprint density at radius 2 is 1.52 bits per heavy atom. The van der Waals surface area contributed by atoms with Crippen molar-refractivity contribution in [3.8, 4) is 0 Å². The zero-order chi connectivity index (χ0) is 28.8. The summed E-state index contributed by atoms with van der Waals surface area (Å²) in [5.41, 5.74) is 0.151. The van der Waals surface area contributed by atoms with E-state index in [-0.39, 0.29) is 22.9 Å². The first-order valence-corrected chi connectivity index (χ1v) is 12.0. The number of nitrogens with zero attached hydrogens (tertiary/aromatic N) is 5. The number of aryl methyl sites for hydroxylation is 1. The Labute approximate surface area is 232 Å². The lowest BCUT2D eigenvalue weighted by Gasteiger charge is -2.12. The molecule has 0 radical (unpaired) electrons. The summed E-state index contributed by atoms with van der Waals surface area (Å²) in [7, 11) is 0. The molecule has 4 N–H and O–H groups in total. The van der Waals surface area contributed by atoms with Crippen molar-refractivity contribution in [2.45, 2.75) is 11.8 Å². The van der Waals surface area contributed by atoms with E-state index in [2.05, 4.69) is 40.3 Å². The standard InChI is InChI=1S/C22H16ClFN8O7S/c1-11-7-14(5-6-19(11)40-39-38-37)27-22-29-20(23)28-21(30-22)26-13-4-2-3-12(8-13)25-16-9-15(24)17(31(33)34)10-18(16)32(35)36/h2-10,25,37H,1H3,(H2,26,27,28,29,30). The largest absolute Gasteiger partial charge is 0.350 e. The van der Waals surface area contributed by atoms with Gasteiger partial charge < -0.3 is 16.0 Å². The van der Waals surface area contributed by atoms with Crippen LogP contribution in [-0.4, -0.2) is 30.1 Å². The van der Waals surface area contributed by atoms with Gasteiger partial charge in [-0.2, -0.15) is 19.3 Å². The summed E-state index contributed by atoms with van der Waals surface area (Å²) < 4.78 is 18.6. The van der Waals surface area contributed by atoms with Gasteiger partial charge in [0.2, 0.25) is 23.0 Å². The van der Waals surface area contributed by atoms with Gasteiger partial charge in [0.25, 0.3) is 5.69 Å². The Morgan fingerprint density at radius 3 is 2.12 bits per heavy atom. The van der Waals surface area contributed by atoms with Crippen molar-refractivity contribution >= 4 is 69.7 Å². The molecular formula is C22H16ClFN8O7S. The number of hydrogen-bond acceptors (Lipinski definition) is 14. The second kappa shape index (κ2) is 12.5. The number of nitro groups is 2. The first-order valence-electron chi connectivity index (χ1n) is 10.8. The number of nitrogens with one attached hydrogen (secondary N) is 3. The van der Waals surface area contributed by atoms with Gasteiger partial charge in [-0.1, -0.05) is 11.1 Å². The molecule has 206 valence electrons. The van der Waals surface area contributed by atoms with Crippen molar-refractivity contribution in [3.05, 3.63) is 91.5 Å². The van der Waals surface area contributed by atoms with Crippen molar-refractivity contribution in [2.75, 3.05) is 16.0 Å². The second-order valence-electron chi connectivity index (χ2n) is 7.75. The van der Waals surface area contributed by atoms with Crippen LogP contribution in [0, 0.1) is 33.0 Å². The van der Waals surface area contributed by atoms with E-state index >= 15 is 0 Å². The van der Waals surface area contributed by atoms with Crippen molar-refractivity contribution in [2.24, 2.45) is 0 Å². The van der Waals surface area contributed by atoms with E-state index in [1.807, 2.05) is 6.92 Å².